The fourth-order valence-corrected chi connectivity index (χ4v) is 2.28. The Morgan fingerprint density at radius 1 is 1.53 bits per heavy atom. The molecule has 15 heavy (non-hydrogen) atoms. The van der Waals surface area contributed by atoms with Crippen LogP contribution >= 0.6 is 11.6 Å². The molecule has 0 spiro atoms. The zero-order valence-corrected chi connectivity index (χ0v) is 9.04. The van der Waals surface area contributed by atoms with E-state index in [0.717, 1.165) is 16.9 Å². The van der Waals surface area contributed by atoms with Crippen molar-refractivity contribution in [1.82, 2.24) is 9.38 Å². The lowest BCUT2D eigenvalue weighted by Crippen LogP contribution is -2.00. The van der Waals surface area contributed by atoms with Crippen LogP contribution in [-0.2, 0) is 6.54 Å². The summed E-state index contributed by atoms with van der Waals surface area (Å²) in [7, 11) is 0. The Balaban J connectivity index is 2.32. The van der Waals surface area contributed by atoms with Crippen LogP contribution in [0.15, 0.2) is 18.3 Å². The van der Waals surface area contributed by atoms with E-state index in [0.29, 0.717) is 17.6 Å². The molecule has 4 heteroatoms. The summed E-state index contributed by atoms with van der Waals surface area (Å²) in [5.41, 5.74) is 7.72. The number of rotatable bonds is 2. The first-order valence-electron chi connectivity index (χ1n) is 5.16. The summed E-state index contributed by atoms with van der Waals surface area (Å²) >= 11 is 6.15. The van der Waals surface area contributed by atoms with Crippen molar-refractivity contribution in [2.24, 2.45) is 5.73 Å². The molecule has 0 amide bonds. The molecule has 0 unspecified atom stereocenters. The maximum Gasteiger partial charge on any atom is 0.155 e. The lowest BCUT2D eigenvalue weighted by Gasteiger charge is -2.02. The van der Waals surface area contributed by atoms with Gasteiger partial charge in [-0.05, 0) is 24.5 Å². The van der Waals surface area contributed by atoms with E-state index >= 15 is 0 Å². The van der Waals surface area contributed by atoms with Crippen molar-refractivity contribution in [1.29, 1.82) is 0 Å². The summed E-state index contributed by atoms with van der Waals surface area (Å²) in [6, 6.07) is 4.00. The molecule has 1 aliphatic carbocycles. The van der Waals surface area contributed by atoms with Crippen LogP contribution < -0.4 is 5.73 Å². The van der Waals surface area contributed by atoms with Gasteiger partial charge in [-0.25, -0.2) is 4.98 Å². The van der Waals surface area contributed by atoms with Crippen LogP contribution in [0.25, 0.3) is 5.52 Å². The summed E-state index contributed by atoms with van der Waals surface area (Å²) in [6.45, 7) is 0.500. The van der Waals surface area contributed by atoms with Crippen molar-refractivity contribution < 1.29 is 0 Å². The maximum absolute atomic E-state index is 6.15. The SMILES string of the molecule is NCc1cccn2c(C3CC3)nc(Cl)c12. The predicted octanol–water partition coefficient (Wildman–Crippen LogP) is 2.32. The predicted molar refractivity (Wildman–Crippen MR) is 60.1 cm³/mol. The molecule has 0 atom stereocenters. The molecule has 0 aliphatic heterocycles. The van der Waals surface area contributed by atoms with E-state index in [1.165, 1.54) is 12.8 Å². The van der Waals surface area contributed by atoms with Gasteiger partial charge >= 0.3 is 0 Å². The van der Waals surface area contributed by atoms with Gasteiger partial charge in [-0.3, -0.25) is 0 Å². The zero-order chi connectivity index (χ0) is 10.4. The van der Waals surface area contributed by atoms with Crippen LogP contribution in [0.4, 0.5) is 0 Å². The fourth-order valence-electron chi connectivity index (χ4n) is 1.98. The number of nitrogens with two attached hydrogens (primary N) is 1. The average molecular weight is 222 g/mol. The molecule has 2 heterocycles. The third-order valence-electron chi connectivity index (χ3n) is 2.89. The number of nitrogens with zero attached hydrogens (tertiary/aromatic N) is 2. The molecule has 0 bridgehead atoms. The van der Waals surface area contributed by atoms with E-state index in [2.05, 4.69) is 9.38 Å². The molecule has 0 radical (unpaired) electrons. The summed E-state index contributed by atoms with van der Waals surface area (Å²) in [5.74, 6) is 1.68. The van der Waals surface area contributed by atoms with Crippen LogP contribution in [0.1, 0.15) is 30.1 Å². The number of pyridine rings is 1. The maximum atomic E-state index is 6.15. The van der Waals surface area contributed by atoms with Gasteiger partial charge in [0.25, 0.3) is 0 Å². The van der Waals surface area contributed by atoms with Crippen molar-refractivity contribution >= 4 is 17.1 Å². The van der Waals surface area contributed by atoms with Crippen LogP contribution in [0, 0.1) is 0 Å². The van der Waals surface area contributed by atoms with E-state index < -0.39 is 0 Å². The minimum Gasteiger partial charge on any atom is -0.326 e. The normalized spacial score (nSPS) is 16.1. The molecule has 3 nitrogen and oxygen atoms in total. The first kappa shape index (κ1) is 9.19. The van der Waals surface area contributed by atoms with Crippen LogP contribution in [0.2, 0.25) is 5.15 Å². The average Bonchev–Trinajstić information content (AvgIpc) is 3.04. The van der Waals surface area contributed by atoms with E-state index in [4.69, 9.17) is 17.3 Å². The standard InChI is InChI=1S/C11H12ClN3/c12-10-9-8(6-13)2-1-5-15(9)11(14-10)7-3-4-7/h1-2,5,7H,3-4,6,13H2. The van der Waals surface area contributed by atoms with Gasteiger partial charge in [0.05, 0.1) is 5.52 Å². The van der Waals surface area contributed by atoms with Crippen molar-refractivity contribution in [2.45, 2.75) is 25.3 Å². The Hall–Kier alpha value is -1.06. The Morgan fingerprint density at radius 3 is 3.00 bits per heavy atom. The first-order chi connectivity index (χ1) is 7.31. The van der Waals surface area contributed by atoms with Crippen LogP contribution in [0.3, 0.4) is 0 Å². The van der Waals surface area contributed by atoms with E-state index in [9.17, 15) is 0 Å². The second-order valence-corrected chi connectivity index (χ2v) is 4.35. The molecular weight excluding hydrogens is 210 g/mol. The lowest BCUT2D eigenvalue weighted by molar-refractivity contribution is 0.915. The minimum absolute atomic E-state index is 0.500. The highest BCUT2D eigenvalue weighted by Gasteiger charge is 2.29. The van der Waals surface area contributed by atoms with Gasteiger partial charge in [-0.1, -0.05) is 17.7 Å². The molecule has 0 saturated heterocycles. The molecule has 0 aromatic carbocycles. The van der Waals surface area contributed by atoms with Crippen molar-refractivity contribution in [3.63, 3.8) is 0 Å². The summed E-state index contributed by atoms with van der Waals surface area (Å²) in [6.07, 6.45) is 4.46. The van der Waals surface area contributed by atoms with Gasteiger partial charge in [0.2, 0.25) is 0 Å². The Labute approximate surface area is 92.9 Å². The van der Waals surface area contributed by atoms with Crippen molar-refractivity contribution in [3.8, 4) is 0 Å². The van der Waals surface area contributed by atoms with E-state index in [1.807, 2.05) is 18.3 Å². The number of imidazole rings is 1. The van der Waals surface area contributed by atoms with Gasteiger partial charge in [0.1, 0.15) is 5.82 Å². The molecule has 1 fully saturated rings. The van der Waals surface area contributed by atoms with Gasteiger partial charge in [0, 0.05) is 18.7 Å². The van der Waals surface area contributed by atoms with Crippen molar-refractivity contribution in [3.05, 3.63) is 34.9 Å². The third kappa shape index (κ3) is 1.34. The second-order valence-electron chi connectivity index (χ2n) is 3.99. The largest absolute Gasteiger partial charge is 0.326 e. The highest BCUT2D eigenvalue weighted by Crippen LogP contribution is 2.41. The van der Waals surface area contributed by atoms with Crippen molar-refractivity contribution in [2.75, 3.05) is 0 Å². The summed E-state index contributed by atoms with van der Waals surface area (Å²) in [4.78, 5) is 4.43. The summed E-state index contributed by atoms with van der Waals surface area (Å²) in [5, 5.41) is 0.581. The second kappa shape index (κ2) is 3.22. The molecule has 78 valence electrons. The smallest absolute Gasteiger partial charge is 0.155 e. The summed E-state index contributed by atoms with van der Waals surface area (Å²) < 4.78 is 2.09. The molecule has 3 rings (SSSR count). The van der Waals surface area contributed by atoms with Gasteiger partial charge < -0.3 is 10.1 Å². The molecule has 2 N–H and O–H groups in total. The highest BCUT2D eigenvalue weighted by molar-refractivity contribution is 6.32. The molecule has 1 saturated carbocycles. The minimum atomic E-state index is 0.500. The molecule has 1 aliphatic rings. The van der Waals surface area contributed by atoms with Gasteiger partial charge in [-0.15, -0.1) is 0 Å². The number of fused-ring (bicyclic) bond motifs is 1. The molecular formula is C11H12ClN3. The quantitative estimate of drug-likeness (QED) is 0.846. The van der Waals surface area contributed by atoms with E-state index in [1.54, 1.807) is 0 Å². The van der Waals surface area contributed by atoms with E-state index in [-0.39, 0.29) is 0 Å². The van der Waals surface area contributed by atoms with Crippen LogP contribution in [-0.4, -0.2) is 9.38 Å². The Kier molecular flexibility index (Phi) is 1.97. The zero-order valence-electron chi connectivity index (χ0n) is 8.28. The number of aromatic nitrogens is 2. The topological polar surface area (TPSA) is 43.3 Å². The highest BCUT2D eigenvalue weighted by atomic mass is 35.5. The first-order valence-corrected chi connectivity index (χ1v) is 5.54. The van der Waals surface area contributed by atoms with Crippen LogP contribution in [0.5, 0.6) is 0 Å². The molecule has 2 aromatic rings. The number of hydrogen-bond acceptors (Lipinski definition) is 2. The Bertz CT molecular complexity index is 514. The fraction of sp³-hybridized carbons (Fsp3) is 0.364. The molecule has 2 aromatic heterocycles. The number of halogens is 1. The Morgan fingerprint density at radius 2 is 2.33 bits per heavy atom. The number of hydrogen-bond donors (Lipinski definition) is 1. The lowest BCUT2D eigenvalue weighted by atomic mass is 10.2. The monoisotopic (exact) mass is 221 g/mol. The van der Waals surface area contributed by atoms with Gasteiger partial charge in [-0.2, -0.15) is 0 Å². The van der Waals surface area contributed by atoms with Gasteiger partial charge in [0.15, 0.2) is 5.15 Å². The third-order valence-corrected chi connectivity index (χ3v) is 3.16.